The van der Waals surface area contributed by atoms with Gasteiger partial charge in [0.25, 0.3) is 5.69 Å². The van der Waals surface area contributed by atoms with Crippen LogP contribution in [0, 0.1) is 10.1 Å². The molecular formula is C20H23N5O5. The van der Waals surface area contributed by atoms with Crippen molar-refractivity contribution in [2.75, 3.05) is 30.9 Å². The maximum atomic E-state index is 12.0. The molecular weight excluding hydrogens is 390 g/mol. The van der Waals surface area contributed by atoms with Crippen LogP contribution in [0.2, 0.25) is 0 Å². The van der Waals surface area contributed by atoms with E-state index in [1.165, 1.54) is 12.3 Å². The van der Waals surface area contributed by atoms with Crippen molar-refractivity contribution >= 4 is 35.1 Å². The summed E-state index contributed by atoms with van der Waals surface area (Å²) in [6, 6.07) is 11.3. The Kier molecular flexibility index (Phi) is 7.86. The number of carbonyl (C=O) groups is 2. The number of anilines is 2. The minimum atomic E-state index is -0.617. The van der Waals surface area contributed by atoms with Crippen molar-refractivity contribution in [3.8, 4) is 5.75 Å². The molecule has 0 heterocycles. The Hall–Kier alpha value is -3.95. The number of hydrogen-bond donors (Lipinski definition) is 2. The lowest BCUT2D eigenvalue weighted by Crippen LogP contribution is -2.24. The number of carbonyl (C=O) groups excluding carboxylic acids is 2. The minimum Gasteiger partial charge on any atom is -0.494 e. The molecule has 30 heavy (non-hydrogen) atoms. The van der Waals surface area contributed by atoms with Crippen LogP contribution in [-0.2, 0) is 9.59 Å². The highest BCUT2D eigenvalue weighted by Crippen LogP contribution is 2.27. The van der Waals surface area contributed by atoms with Crippen LogP contribution in [0.1, 0.15) is 18.9 Å². The summed E-state index contributed by atoms with van der Waals surface area (Å²) in [5.74, 6) is -0.437. The predicted octanol–water partition coefficient (Wildman–Crippen LogP) is 2.54. The third kappa shape index (κ3) is 6.59. The van der Waals surface area contributed by atoms with Crippen molar-refractivity contribution in [2.45, 2.75) is 13.3 Å². The van der Waals surface area contributed by atoms with Gasteiger partial charge in [0.15, 0.2) is 0 Å². The zero-order valence-corrected chi connectivity index (χ0v) is 16.9. The van der Waals surface area contributed by atoms with Gasteiger partial charge in [-0.05, 0) is 37.3 Å². The monoisotopic (exact) mass is 413 g/mol. The Labute approximate surface area is 173 Å². The molecule has 2 aromatic rings. The Balaban J connectivity index is 1.89. The summed E-state index contributed by atoms with van der Waals surface area (Å²) in [6.45, 7) is 2.41. The lowest BCUT2D eigenvalue weighted by atomic mass is 10.2. The first-order valence-electron chi connectivity index (χ1n) is 9.10. The number of amides is 2. The Morgan fingerprint density at radius 1 is 1.17 bits per heavy atom. The molecule has 0 radical (unpaired) electrons. The van der Waals surface area contributed by atoms with Crippen molar-refractivity contribution in [3.63, 3.8) is 0 Å². The number of nitrogens with one attached hydrogen (secondary N) is 2. The quantitative estimate of drug-likeness (QED) is 0.282. The molecule has 0 aliphatic rings. The van der Waals surface area contributed by atoms with Crippen molar-refractivity contribution in [1.29, 1.82) is 0 Å². The van der Waals surface area contributed by atoms with Crippen LogP contribution in [0.5, 0.6) is 5.75 Å². The molecule has 0 aliphatic carbocycles. The van der Waals surface area contributed by atoms with E-state index in [4.69, 9.17) is 4.74 Å². The zero-order valence-electron chi connectivity index (χ0n) is 16.9. The number of ether oxygens (including phenoxy) is 1. The highest BCUT2D eigenvalue weighted by Gasteiger charge is 2.15. The molecule has 158 valence electrons. The standard InChI is InChI=1S/C20H23N5O5/c1-4-30-16-8-6-15(7-9-16)22-19(26)12-20(27)23-21-13-14-5-10-17(24(2)3)18(11-14)25(28)29/h5-11,13H,4,12H2,1-3H3,(H,22,26)(H,23,27). The highest BCUT2D eigenvalue weighted by atomic mass is 16.6. The second-order valence-electron chi connectivity index (χ2n) is 6.38. The van der Waals surface area contributed by atoms with Gasteiger partial charge in [-0.1, -0.05) is 6.07 Å². The van der Waals surface area contributed by atoms with Crippen LogP contribution >= 0.6 is 0 Å². The molecule has 0 aliphatic heterocycles. The number of benzene rings is 2. The number of hydrazone groups is 1. The fourth-order valence-electron chi connectivity index (χ4n) is 2.52. The number of nitro groups is 1. The molecule has 10 nitrogen and oxygen atoms in total. The topological polar surface area (TPSA) is 126 Å². The Morgan fingerprint density at radius 2 is 1.87 bits per heavy atom. The molecule has 0 fully saturated rings. The largest absolute Gasteiger partial charge is 0.494 e. The Morgan fingerprint density at radius 3 is 2.47 bits per heavy atom. The molecule has 0 unspecified atom stereocenters. The van der Waals surface area contributed by atoms with Gasteiger partial charge in [-0.2, -0.15) is 5.10 Å². The normalized spacial score (nSPS) is 10.5. The van der Waals surface area contributed by atoms with Crippen molar-refractivity contribution in [3.05, 3.63) is 58.1 Å². The minimum absolute atomic E-state index is 0.0787. The van der Waals surface area contributed by atoms with Gasteiger partial charge >= 0.3 is 0 Å². The molecule has 2 N–H and O–H groups in total. The van der Waals surface area contributed by atoms with Gasteiger partial charge < -0.3 is 15.0 Å². The van der Waals surface area contributed by atoms with Crippen LogP contribution in [0.3, 0.4) is 0 Å². The van der Waals surface area contributed by atoms with Gasteiger partial charge in [-0.15, -0.1) is 0 Å². The molecule has 2 rings (SSSR count). The van der Waals surface area contributed by atoms with Crippen molar-refractivity contribution in [2.24, 2.45) is 5.10 Å². The summed E-state index contributed by atoms with van der Waals surface area (Å²) in [4.78, 5) is 36.2. The predicted molar refractivity (Wildman–Crippen MR) is 114 cm³/mol. The van der Waals surface area contributed by atoms with Crippen LogP contribution in [0.25, 0.3) is 0 Å². The average molecular weight is 413 g/mol. The highest BCUT2D eigenvalue weighted by molar-refractivity contribution is 6.03. The molecule has 10 heteroatoms. The third-order valence-electron chi connectivity index (χ3n) is 3.85. The summed E-state index contributed by atoms with van der Waals surface area (Å²) < 4.78 is 5.32. The lowest BCUT2D eigenvalue weighted by molar-refractivity contribution is -0.384. The molecule has 0 saturated heterocycles. The van der Waals surface area contributed by atoms with E-state index >= 15 is 0 Å². The zero-order chi connectivity index (χ0) is 22.1. The van der Waals surface area contributed by atoms with E-state index in [0.717, 1.165) is 0 Å². The van der Waals surface area contributed by atoms with Crippen LogP contribution in [0.15, 0.2) is 47.6 Å². The van der Waals surface area contributed by atoms with Gasteiger partial charge in [0.1, 0.15) is 17.9 Å². The van der Waals surface area contributed by atoms with E-state index < -0.39 is 23.2 Å². The summed E-state index contributed by atoms with van der Waals surface area (Å²) in [6.07, 6.45) is 0.846. The lowest BCUT2D eigenvalue weighted by Gasteiger charge is -2.12. The van der Waals surface area contributed by atoms with Gasteiger partial charge in [0.2, 0.25) is 11.8 Å². The number of hydrogen-bond acceptors (Lipinski definition) is 7. The molecule has 0 spiro atoms. The van der Waals surface area contributed by atoms with E-state index in [2.05, 4.69) is 15.8 Å². The summed E-state index contributed by atoms with van der Waals surface area (Å²) in [7, 11) is 3.41. The smallest absolute Gasteiger partial charge is 0.293 e. The molecule has 0 bridgehead atoms. The average Bonchev–Trinajstić information content (AvgIpc) is 2.69. The first kappa shape index (κ1) is 22.3. The first-order valence-corrected chi connectivity index (χ1v) is 9.10. The van der Waals surface area contributed by atoms with E-state index in [1.54, 1.807) is 55.4 Å². The fraction of sp³-hybridized carbons (Fsp3) is 0.250. The van der Waals surface area contributed by atoms with Crippen molar-refractivity contribution in [1.82, 2.24) is 5.43 Å². The summed E-state index contributed by atoms with van der Waals surface area (Å²) >= 11 is 0. The van der Waals surface area contributed by atoms with Gasteiger partial charge in [-0.25, -0.2) is 5.43 Å². The SMILES string of the molecule is CCOc1ccc(NC(=O)CC(=O)NN=Cc2ccc(N(C)C)c([N+](=O)[O-])c2)cc1. The number of nitrogens with zero attached hydrogens (tertiary/aromatic N) is 3. The van der Waals surface area contributed by atoms with E-state index in [-0.39, 0.29) is 5.69 Å². The van der Waals surface area contributed by atoms with E-state index in [0.29, 0.717) is 29.3 Å². The molecule has 0 aromatic heterocycles. The molecule has 2 aromatic carbocycles. The van der Waals surface area contributed by atoms with Gasteiger partial charge in [0, 0.05) is 31.4 Å². The maximum absolute atomic E-state index is 12.0. The molecule has 0 atom stereocenters. The second kappa shape index (κ2) is 10.6. The van der Waals surface area contributed by atoms with Crippen LogP contribution < -0.4 is 20.4 Å². The third-order valence-corrected chi connectivity index (χ3v) is 3.85. The van der Waals surface area contributed by atoms with Crippen molar-refractivity contribution < 1.29 is 19.2 Å². The number of nitro benzene ring substituents is 1. The van der Waals surface area contributed by atoms with Crippen LogP contribution in [-0.4, -0.2) is 43.7 Å². The fourth-order valence-corrected chi connectivity index (χ4v) is 2.52. The second-order valence-corrected chi connectivity index (χ2v) is 6.38. The maximum Gasteiger partial charge on any atom is 0.293 e. The van der Waals surface area contributed by atoms with Gasteiger partial charge in [0.05, 0.1) is 17.7 Å². The first-order chi connectivity index (χ1) is 14.3. The Bertz CT molecular complexity index is 941. The van der Waals surface area contributed by atoms with Crippen LogP contribution in [0.4, 0.5) is 17.1 Å². The summed E-state index contributed by atoms with van der Waals surface area (Å²) in [5.41, 5.74) is 3.57. The van der Waals surface area contributed by atoms with E-state index in [1.807, 2.05) is 6.92 Å². The summed E-state index contributed by atoms with van der Waals surface area (Å²) in [5, 5.41) is 17.5. The molecule has 2 amide bonds. The number of rotatable bonds is 9. The van der Waals surface area contributed by atoms with Gasteiger partial charge in [-0.3, -0.25) is 19.7 Å². The molecule has 0 saturated carbocycles. The van der Waals surface area contributed by atoms with E-state index in [9.17, 15) is 19.7 Å².